The third-order valence-corrected chi connectivity index (χ3v) is 7.54. The molecule has 30 heavy (non-hydrogen) atoms. The molecule has 2 aromatic carbocycles. The maximum absolute atomic E-state index is 15.4. The Morgan fingerprint density at radius 2 is 1.90 bits per heavy atom. The Morgan fingerprint density at radius 1 is 1.13 bits per heavy atom. The van der Waals surface area contributed by atoms with Gasteiger partial charge >= 0.3 is 0 Å². The summed E-state index contributed by atoms with van der Waals surface area (Å²) >= 11 is 6.26. The average molecular weight is 428 g/mol. The molecule has 156 valence electrons. The van der Waals surface area contributed by atoms with Crippen molar-refractivity contribution in [1.29, 1.82) is 0 Å². The number of anilines is 1. The molecule has 2 atom stereocenters. The van der Waals surface area contributed by atoms with Gasteiger partial charge in [-0.1, -0.05) is 18.5 Å². The molecule has 1 aliphatic heterocycles. The van der Waals surface area contributed by atoms with E-state index in [1.165, 1.54) is 24.5 Å². The molecule has 0 radical (unpaired) electrons. The van der Waals surface area contributed by atoms with Gasteiger partial charge in [-0.15, -0.1) is 0 Å². The van der Waals surface area contributed by atoms with E-state index < -0.39 is 22.4 Å². The molecule has 0 amide bonds. The highest BCUT2D eigenvalue weighted by Crippen LogP contribution is 2.59. The molecule has 2 heterocycles. The van der Waals surface area contributed by atoms with E-state index in [0.29, 0.717) is 39.2 Å². The summed E-state index contributed by atoms with van der Waals surface area (Å²) in [6.45, 7) is 5.98. The van der Waals surface area contributed by atoms with Crippen molar-refractivity contribution < 1.29 is 13.9 Å². The third kappa shape index (κ3) is 2.39. The van der Waals surface area contributed by atoms with Crippen molar-refractivity contribution in [1.82, 2.24) is 0 Å². The summed E-state index contributed by atoms with van der Waals surface area (Å²) in [5.74, 6) is -0.445. The van der Waals surface area contributed by atoms with E-state index in [1.54, 1.807) is 12.1 Å². The Labute approximate surface area is 178 Å². The van der Waals surface area contributed by atoms with Gasteiger partial charge in [-0.25, -0.2) is 4.39 Å². The van der Waals surface area contributed by atoms with Crippen LogP contribution in [0.3, 0.4) is 0 Å². The molecule has 2 N–H and O–H groups in total. The fourth-order valence-corrected chi connectivity index (χ4v) is 5.90. The summed E-state index contributed by atoms with van der Waals surface area (Å²) in [6.07, 6.45) is 3.67. The van der Waals surface area contributed by atoms with Gasteiger partial charge in [0.2, 0.25) is 0 Å². The summed E-state index contributed by atoms with van der Waals surface area (Å²) < 4.78 is 21.0. The molecule has 1 aliphatic carbocycles. The molecule has 1 aromatic heterocycles. The van der Waals surface area contributed by atoms with Crippen LogP contribution < -0.4 is 10.7 Å². The summed E-state index contributed by atoms with van der Waals surface area (Å²) in [5.41, 5.74) is 0.223. The summed E-state index contributed by atoms with van der Waals surface area (Å²) in [4.78, 5) is 12.3. The second kappa shape index (κ2) is 6.08. The molecule has 6 heteroatoms. The molecule has 4 nitrogen and oxygen atoms in total. The Balaban J connectivity index is 1.82. The number of fused-ring (bicyclic) bond motifs is 4. The number of hydrogen-bond donors (Lipinski definition) is 2. The normalized spacial score (nSPS) is 26.9. The first-order valence-electron chi connectivity index (χ1n) is 10.1. The molecular formula is C24H23ClFNO3. The maximum Gasteiger partial charge on any atom is 0.192 e. The lowest BCUT2D eigenvalue weighted by Crippen LogP contribution is -2.65. The summed E-state index contributed by atoms with van der Waals surface area (Å²) in [5, 5.41) is 15.7. The van der Waals surface area contributed by atoms with Crippen molar-refractivity contribution in [2.75, 3.05) is 5.32 Å². The number of benzene rings is 2. The van der Waals surface area contributed by atoms with Gasteiger partial charge in [-0.05, 0) is 62.9 Å². The molecule has 0 saturated heterocycles. The Kier molecular flexibility index (Phi) is 3.97. The lowest BCUT2D eigenvalue weighted by atomic mass is 9.60. The van der Waals surface area contributed by atoms with Crippen LogP contribution in [0.1, 0.15) is 45.6 Å². The predicted molar refractivity (Wildman–Crippen MR) is 117 cm³/mol. The van der Waals surface area contributed by atoms with E-state index >= 15 is 4.39 Å². The van der Waals surface area contributed by atoms with Crippen LogP contribution in [0.2, 0.25) is 5.02 Å². The molecule has 5 rings (SSSR count). The van der Waals surface area contributed by atoms with Crippen LogP contribution in [-0.4, -0.2) is 16.2 Å². The van der Waals surface area contributed by atoms with Crippen LogP contribution in [0.25, 0.3) is 22.1 Å². The Hall–Kier alpha value is -2.37. The van der Waals surface area contributed by atoms with E-state index in [-0.39, 0.29) is 5.43 Å². The van der Waals surface area contributed by atoms with Gasteiger partial charge in [0.1, 0.15) is 11.4 Å². The average Bonchev–Trinajstić information content (AvgIpc) is 2.99. The van der Waals surface area contributed by atoms with Crippen LogP contribution in [0, 0.1) is 5.82 Å². The topological polar surface area (TPSA) is 62.5 Å². The fourth-order valence-electron chi connectivity index (χ4n) is 5.68. The number of rotatable bonds is 1. The zero-order valence-electron chi connectivity index (χ0n) is 17.1. The molecule has 2 aliphatic rings. The lowest BCUT2D eigenvalue weighted by molar-refractivity contribution is -0.0628. The summed E-state index contributed by atoms with van der Waals surface area (Å²) in [7, 11) is 0. The van der Waals surface area contributed by atoms with Crippen LogP contribution >= 0.6 is 11.6 Å². The van der Waals surface area contributed by atoms with E-state index in [2.05, 4.69) is 12.2 Å². The Morgan fingerprint density at radius 3 is 2.67 bits per heavy atom. The largest absolute Gasteiger partial charge is 0.463 e. The molecule has 2 unspecified atom stereocenters. The van der Waals surface area contributed by atoms with Gasteiger partial charge in [0.15, 0.2) is 5.43 Å². The standard InChI is InChI=1S/C24H23ClFNO3/c1-22(2)24(29)7-4-6-23(24,3)17-11-14(18(26)12-19(17)27-22)15-9-13(25)10-16-20(28)5-8-30-21(15)16/h5,8-12,27,29H,4,6-7H2,1-3H3. The Bertz CT molecular complexity index is 1270. The van der Waals surface area contributed by atoms with Crippen molar-refractivity contribution >= 4 is 28.3 Å². The van der Waals surface area contributed by atoms with Crippen LogP contribution in [-0.2, 0) is 5.41 Å². The highest BCUT2D eigenvalue weighted by molar-refractivity contribution is 6.31. The molecule has 1 saturated carbocycles. The van der Waals surface area contributed by atoms with E-state index in [1.807, 2.05) is 13.8 Å². The minimum Gasteiger partial charge on any atom is -0.463 e. The molecule has 0 bridgehead atoms. The number of nitrogens with one attached hydrogen (secondary N) is 1. The highest BCUT2D eigenvalue weighted by Gasteiger charge is 2.62. The van der Waals surface area contributed by atoms with E-state index in [0.717, 1.165) is 18.4 Å². The number of hydrogen-bond acceptors (Lipinski definition) is 4. The monoisotopic (exact) mass is 427 g/mol. The number of halogens is 2. The zero-order valence-corrected chi connectivity index (χ0v) is 17.9. The smallest absolute Gasteiger partial charge is 0.192 e. The first-order valence-corrected chi connectivity index (χ1v) is 10.5. The van der Waals surface area contributed by atoms with Crippen molar-refractivity contribution in [3.8, 4) is 11.1 Å². The molecule has 0 spiro atoms. The second-order valence-electron chi connectivity index (χ2n) is 9.29. The van der Waals surface area contributed by atoms with Crippen LogP contribution in [0.4, 0.5) is 10.1 Å². The first-order chi connectivity index (χ1) is 14.1. The minimum atomic E-state index is -0.967. The van der Waals surface area contributed by atoms with Gasteiger partial charge in [0, 0.05) is 33.3 Å². The highest BCUT2D eigenvalue weighted by atomic mass is 35.5. The minimum absolute atomic E-state index is 0.237. The molecule has 3 aromatic rings. The van der Waals surface area contributed by atoms with Gasteiger partial charge in [0.05, 0.1) is 22.8 Å². The zero-order chi connectivity index (χ0) is 21.5. The van der Waals surface area contributed by atoms with Gasteiger partial charge in [0.25, 0.3) is 0 Å². The van der Waals surface area contributed by atoms with Crippen LogP contribution in [0.15, 0.2) is 45.8 Å². The fraction of sp³-hybridized carbons (Fsp3) is 0.375. The molecule has 1 fully saturated rings. The maximum atomic E-state index is 15.4. The first kappa shape index (κ1) is 19.6. The van der Waals surface area contributed by atoms with E-state index in [4.69, 9.17) is 16.0 Å². The number of aliphatic hydroxyl groups is 1. The quantitative estimate of drug-likeness (QED) is 0.528. The van der Waals surface area contributed by atoms with Gasteiger partial charge in [-0.2, -0.15) is 0 Å². The van der Waals surface area contributed by atoms with Crippen molar-refractivity contribution in [3.05, 3.63) is 63.2 Å². The van der Waals surface area contributed by atoms with Gasteiger partial charge in [-0.3, -0.25) is 4.79 Å². The second-order valence-corrected chi connectivity index (χ2v) is 9.72. The van der Waals surface area contributed by atoms with Crippen molar-refractivity contribution in [3.63, 3.8) is 0 Å². The van der Waals surface area contributed by atoms with Crippen molar-refractivity contribution in [2.45, 2.75) is 56.6 Å². The lowest BCUT2D eigenvalue weighted by Gasteiger charge is -2.55. The molecular weight excluding hydrogens is 405 g/mol. The predicted octanol–water partition coefficient (Wildman–Crippen LogP) is 5.63. The van der Waals surface area contributed by atoms with Crippen molar-refractivity contribution in [2.24, 2.45) is 0 Å². The van der Waals surface area contributed by atoms with E-state index in [9.17, 15) is 9.90 Å². The summed E-state index contributed by atoms with van der Waals surface area (Å²) in [6, 6.07) is 7.71. The van der Waals surface area contributed by atoms with Gasteiger partial charge < -0.3 is 14.8 Å². The SMILES string of the molecule is CC1(C)Nc2cc(F)c(-c3cc(Cl)cc4c(=O)ccoc34)cc2C2(C)CCCC12O. The third-order valence-electron chi connectivity index (χ3n) is 7.33. The van der Waals surface area contributed by atoms with Crippen LogP contribution in [0.5, 0.6) is 0 Å².